The number of anilines is 1. The molecule has 0 fully saturated rings. The van der Waals surface area contributed by atoms with Gasteiger partial charge in [-0.3, -0.25) is 4.79 Å². The van der Waals surface area contributed by atoms with E-state index in [2.05, 4.69) is 10.3 Å². The van der Waals surface area contributed by atoms with Crippen molar-refractivity contribution in [2.45, 2.75) is 13.8 Å². The van der Waals surface area contributed by atoms with Gasteiger partial charge in [-0.2, -0.15) is 0 Å². The number of benzene rings is 1. The van der Waals surface area contributed by atoms with Gasteiger partial charge in [0.25, 0.3) is 0 Å². The molecule has 3 heterocycles. The number of ether oxygens (including phenoxy) is 2. The molecule has 3 aromatic rings. The number of pyridine rings is 1. The van der Waals surface area contributed by atoms with Crippen molar-refractivity contribution in [1.82, 2.24) is 9.38 Å². The predicted octanol–water partition coefficient (Wildman–Crippen LogP) is 3.68. The van der Waals surface area contributed by atoms with Gasteiger partial charge in [0.05, 0.1) is 11.4 Å². The number of fused-ring (bicyclic) bond motifs is 2. The van der Waals surface area contributed by atoms with Crippen molar-refractivity contribution in [2.24, 2.45) is 0 Å². The molecule has 0 radical (unpaired) electrons. The monoisotopic (exact) mass is 349 g/mol. The number of carbonyl (C=O) groups is 1. The van der Waals surface area contributed by atoms with Crippen LogP contribution in [-0.2, 0) is 4.79 Å². The van der Waals surface area contributed by atoms with E-state index in [1.54, 1.807) is 6.08 Å². The molecule has 26 heavy (non-hydrogen) atoms. The van der Waals surface area contributed by atoms with E-state index >= 15 is 0 Å². The first-order chi connectivity index (χ1) is 12.6. The molecule has 1 aliphatic heterocycles. The van der Waals surface area contributed by atoms with Crippen LogP contribution in [0.5, 0.6) is 11.5 Å². The number of rotatable bonds is 3. The van der Waals surface area contributed by atoms with Crippen molar-refractivity contribution in [3.8, 4) is 22.8 Å². The largest absolute Gasteiger partial charge is 0.486 e. The van der Waals surface area contributed by atoms with Crippen LogP contribution in [0.3, 0.4) is 0 Å². The van der Waals surface area contributed by atoms with Crippen molar-refractivity contribution >= 4 is 17.2 Å². The SMILES string of the molecule is CC(C)=CC(=O)Nc1ccc2nc(-c3ccc4c(c3)OCCO4)cn2c1. The Labute approximate surface area is 151 Å². The molecule has 0 atom stereocenters. The fourth-order valence-corrected chi connectivity index (χ4v) is 2.85. The first-order valence-electron chi connectivity index (χ1n) is 8.43. The Bertz CT molecular complexity index is 1020. The number of hydrogen-bond donors (Lipinski definition) is 1. The zero-order valence-electron chi connectivity index (χ0n) is 14.7. The van der Waals surface area contributed by atoms with E-state index in [-0.39, 0.29) is 5.91 Å². The molecule has 6 heteroatoms. The highest BCUT2D eigenvalue weighted by Crippen LogP contribution is 2.34. The summed E-state index contributed by atoms with van der Waals surface area (Å²) in [7, 11) is 0. The van der Waals surface area contributed by atoms with E-state index in [0.717, 1.165) is 34.0 Å². The fraction of sp³-hybridized carbons (Fsp3) is 0.200. The average molecular weight is 349 g/mol. The number of hydrogen-bond acceptors (Lipinski definition) is 4. The predicted molar refractivity (Wildman–Crippen MR) is 99.7 cm³/mol. The van der Waals surface area contributed by atoms with Crippen LogP contribution in [-0.4, -0.2) is 28.5 Å². The molecular formula is C20H19N3O3. The van der Waals surface area contributed by atoms with Crippen LogP contribution in [0.25, 0.3) is 16.9 Å². The lowest BCUT2D eigenvalue weighted by molar-refractivity contribution is -0.111. The Hall–Kier alpha value is -3.28. The normalized spacial score (nSPS) is 12.7. The molecule has 0 bridgehead atoms. The quantitative estimate of drug-likeness (QED) is 0.733. The van der Waals surface area contributed by atoms with Crippen LogP contribution < -0.4 is 14.8 Å². The standard InChI is InChI=1S/C20H19N3O3/c1-13(2)9-20(24)21-15-4-6-19-22-16(12-23(19)11-15)14-3-5-17-18(10-14)26-8-7-25-17/h3-6,9-12H,7-8H2,1-2H3,(H,21,24). The molecule has 0 aliphatic carbocycles. The van der Waals surface area contributed by atoms with E-state index in [4.69, 9.17) is 9.47 Å². The number of carbonyl (C=O) groups excluding carboxylic acids is 1. The maximum absolute atomic E-state index is 11.9. The minimum Gasteiger partial charge on any atom is -0.486 e. The highest BCUT2D eigenvalue weighted by atomic mass is 16.6. The Morgan fingerprint density at radius 3 is 2.73 bits per heavy atom. The van der Waals surface area contributed by atoms with Gasteiger partial charge in [-0.1, -0.05) is 5.57 Å². The van der Waals surface area contributed by atoms with Crippen molar-refractivity contribution in [3.63, 3.8) is 0 Å². The van der Waals surface area contributed by atoms with Gasteiger partial charge in [-0.05, 0) is 44.2 Å². The van der Waals surface area contributed by atoms with Crippen molar-refractivity contribution in [1.29, 1.82) is 0 Å². The number of nitrogens with one attached hydrogen (secondary N) is 1. The summed E-state index contributed by atoms with van der Waals surface area (Å²) in [6, 6.07) is 9.52. The van der Waals surface area contributed by atoms with Crippen LogP contribution in [0.1, 0.15) is 13.8 Å². The number of aromatic nitrogens is 2. The van der Waals surface area contributed by atoms with Gasteiger partial charge in [0.1, 0.15) is 18.9 Å². The van der Waals surface area contributed by atoms with E-state index < -0.39 is 0 Å². The second-order valence-electron chi connectivity index (χ2n) is 6.38. The van der Waals surface area contributed by atoms with Crippen LogP contribution in [0.4, 0.5) is 5.69 Å². The summed E-state index contributed by atoms with van der Waals surface area (Å²) < 4.78 is 13.1. The zero-order valence-corrected chi connectivity index (χ0v) is 14.7. The number of nitrogens with zero attached hydrogens (tertiary/aromatic N) is 2. The highest BCUT2D eigenvalue weighted by Gasteiger charge is 2.14. The lowest BCUT2D eigenvalue weighted by Crippen LogP contribution is -2.15. The molecule has 0 saturated heterocycles. The molecule has 4 rings (SSSR count). The molecule has 6 nitrogen and oxygen atoms in total. The lowest BCUT2D eigenvalue weighted by Gasteiger charge is -2.18. The molecule has 0 saturated carbocycles. The summed E-state index contributed by atoms with van der Waals surface area (Å²) in [5.74, 6) is 1.35. The van der Waals surface area contributed by atoms with Gasteiger partial charge in [0.2, 0.25) is 5.91 Å². The van der Waals surface area contributed by atoms with Crippen LogP contribution in [0.2, 0.25) is 0 Å². The lowest BCUT2D eigenvalue weighted by atomic mass is 10.1. The van der Waals surface area contributed by atoms with Gasteiger partial charge in [-0.15, -0.1) is 0 Å². The first-order valence-corrected chi connectivity index (χ1v) is 8.43. The van der Waals surface area contributed by atoms with Gasteiger partial charge >= 0.3 is 0 Å². The average Bonchev–Trinajstić information content (AvgIpc) is 3.04. The second-order valence-corrected chi connectivity index (χ2v) is 6.38. The zero-order chi connectivity index (χ0) is 18.1. The summed E-state index contributed by atoms with van der Waals surface area (Å²) in [4.78, 5) is 16.5. The fourth-order valence-electron chi connectivity index (χ4n) is 2.85. The maximum Gasteiger partial charge on any atom is 0.248 e. The summed E-state index contributed by atoms with van der Waals surface area (Å²) >= 11 is 0. The molecular weight excluding hydrogens is 330 g/mol. The van der Waals surface area contributed by atoms with Crippen molar-refractivity contribution in [3.05, 3.63) is 54.4 Å². The van der Waals surface area contributed by atoms with E-state index in [1.165, 1.54) is 0 Å². The smallest absolute Gasteiger partial charge is 0.248 e. The molecule has 1 aliphatic rings. The Morgan fingerprint density at radius 1 is 1.12 bits per heavy atom. The van der Waals surface area contributed by atoms with Gasteiger partial charge in [0, 0.05) is 24.0 Å². The highest BCUT2D eigenvalue weighted by molar-refractivity contribution is 5.99. The van der Waals surface area contributed by atoms with Gasteiger partial charge in [0.15, 0.2) is 11.5 Å². The Morgan fingerprint density at radius 2 is 1.92 bits per heavy atom. The molecule has 1 N–H and O–H groups in total. The molecule has 0 unspecified atom stereocenters. The van der Waals surface area contributed by atoms with Crippen molar-refractivity contribution in [2.75, 3.05) is 18.5 Å². The maximum atomic E-state index is 11.9. The van der Waals surface area contributed by atoms with Gasteiger partial charge < -0.3 is 19.2 Å². The molecule has 2 aromatic heterocycles. The van der Waals surface area contributed by atoms with Gasteiger partial charge in [-0.25, -0.2) is 4.98 Å². The minimum absolute atomic E-state index is 0.142. The first kappa shape index (κ1) is 16.2. The van der Waals surface area contributed by atoms with E-state index in [9.17, 15) is 4.79 Å². The van der Waals surface area contributed by atoms with Crippen LogP contribution >= 0.6 is 0 Å². The topological polar surface area (TPSA) is 64.9 Å². The molecule has 1 amide bonds. The number of imidazole rings is 1. The number of amides is 1. The van der Waals surface area contributed by atoms with Crippen LogP contribution in [0, 0.1) is 0 Å². The Balaban J connectivity index is 1.63. The van der Waals surface area contributed by atoms with E-state index in [1.807, 2.05) is 61.0 Å². The molecule has 132 valence electrons. The molecule has 1 aromatic carbocycles. The van der Waals surface area contributed by atoms with Crippen molar-refractivity contribution < 1.29 is 14.3 Å². The summed E-state index contributed by atoms with van der Waals surface area (Å²) in [5, 5.41) is 2.85. The second kappa shape index (κ2) is 6.55. The summed E-state index contributed by atoms with van der Waals surface area (Å²) in [5.41, 5.74) is 4.25. The van der Waals surface area contributed by atoms with Crippen LogP contribution in [0.15, 0.2) is 54.4 Å². The third-order valence-electron chi connectivity index (χ3n) is 3.98. The van der Waals surface area contributed by atoms with E-state index in [0.29, 0.717) is 18.9 Å². The summed E-state index contributed by atoms with van der Waals surface area (Å²) in [6.07, 6.45) is 5.34. The minimum atomic E-state index is -0.142. The third kappa shape index (κ3) is 3.26. The number of allylic oxidation sites excluding steroid dienone is 1. The Kier molecular flexibility index (Phi) is 4.08. The summed E-state index contributed by atoms with van der Waals surface area (Å²) in [6.45, 7) is 4.90. The molecule has 0 spiro atoms. The third-order valence-corrected chi connectivity index (χ3v) is 3.98.